The Bertz CT molecular complexity index is 301. The highest BCUT2D eigenvalue weighted by Crippen LogP contribution is 2.21. The Morgan fingerprint density at radius 2 is 2.36 bits per heavy atom. The minimum Gasteiger partial charge on any atom is -0.476 e. The van der Waals surface area contributed by atoms with Gasteiger partial charge in [-0.1, -0.05) is 0 Å². The van der Waals surface area contributed by atoms with Gasteiger partial charge in [0.2, 0.25) is 0 Å². The number of hydrogen-bond acceptors (Lipinski definition) is 3. The normalized spacial score (nSPS) is 9.55. The fourth-order valence-corrected chi connectivity index (χ4v) is 1.01. The van der Waals surface area contributed by atoms with E-state index in [-0.39, 0.29) is 5.69 Å². The average molecular weight is 217 g/mol. The van der Waals surface area contributed by atoms with E-state index in [1.54, 1.807) is 0 Å². The Morgan fingerprint density at radius 3 is 2.82 bits per heavy atom. The summed E-state index contributed by atoms with van der Waals surface area (Å²) in [6.45, 7) is 0. The molecule has 0 radical (unpaired) electrons. The van der Waals surface area contributed by atoms with Crippen LogP contribution in [0.2, 0.25) is 0 Å². The number of nitrogens with zero attached hydrogens (tertiary/aromatic N) is 1. The molecule has 1 rings (SSSR count). The zero-order valence-electron chi connectivity index (χ0n) is 5.41. The van der Waals surface area contributed by atoms with E-state index < -0.39 is 5.97 Å². The number of rotatable bonds is 1. The van der Waals surface area contributed by atoms with Gasteiger partial charge in [0.1, 0.15) is 0 Å². The largest absolute Gasteiger partial charge is 0.476 e. The number of halogens is 1. The molecule has 1 aromatic rings. The molecule has 0 saturated carbocycles. The molecule has 0 aliphatic carbocycles. The lowest BCUT2D eigenvalue weighted by atomic mass is 10.3. The quantitative estimate of drug-likeness (QED) is 0.738. The van der Waals surface area contributed by atoms with Crippen LogP contribution in [0.25, 0.3) is 0 Å². The number of aromatic nitrogens is 1. The summed E-state index contributed by atoms with van der Waals surface area (Å²) in [6.07, 6.45) is 1.35. The molecule has 5 heteroatoms. The Kier molecular flexibility index (Phi) is 2.09. The van der Waals surface area contributed by atoms with E-state index in [4.69, 9.17) is 10.8 Å². The highest BCUT2D eigenvalue weighted by atomic mass is 79.9. The number of carboxylic acids is 1. The van der Waals surface area contributed by atoms with E-state index in [0.717, 1.165) is 0 Å². The summed E-state index contributed by atoms with van der Waals surface area (Å²) < 4.78 is 0.326. The van der Waals surface area contributed by atoms with Gasteiger partial charge in [0.25, 0.3) is 0 Å². The van der Waals surface area contributed by atoms with Gasteiger partial charge in [-0.15, -0.1) is 0 Å². The second kappa shape index (κ2) is 2.87. The Balaban J connectivity index is 3.27. The molecule has 0 saturated heterocycles. The molecule has 1 aromatic heterocycles. The van der Waals surface area contributed by atoms with Gasteiger partial charge in [0, 0.05) is 11.9 Å². The van der Waals surface area contributed by atoms with Crippen molar-refractivity contribution < 1.29 is 9.90 Å². The molecule has 3 N–H and O–H groups in total. The molecule has 0 bridgehead atoms. The minimum absolute atomic E-state index is 0.0648. The zero-order chi connectivity index (χ0) is 8.43. The lowest BCUT2D eigenvalue weighted by molar-refractivity contribution is 0.0689. The first kappa shape index (κ1) is 8.00. The molecule has 58 valence electrons. The summed E-state index contributed by atoms with van der Waals surface area (Å²) in [5.74, 6) is -1.09. The van der Waals surface area contributed by atoms with Crippen molar-refractivity contribution in [3.63, 3.8) is 0 Å². The van der Waals surface area contributed by atoms with Crippen molar-refractivity contribution in [3.8, 4) is 0 Å². The summed E-state index contributed by atoms with van der Waals surface area (Å²) in [4.78, 5) is 14.0. The highest BCUT2D eigenvalue weighted by Gasteiger charge is 2.10. The van der Waals surface area contributed by atoms with Gasteiger partial charge in [-0.25, -0.2) is 9.78 Å². The van der Waals surface area contributed by atoms with Gasteiger partial charge in [0.15, 0.2) is 5.69 Å². The number of hydrogen-bond donors (Lipinski definition) is 2. The van der Waals surface area contributed by atoms with Crippen LogP contribution in [0.3, 0.4) is 0 Å². The third-order valence-corrected chi connectivity index (χ3v) is 1.96. The van der Waals surface area contributed by atoms with Crippen molar-refractivity contribution in [1.82, 2.24) is 4.98 Å². The molecular formula is C6H5BrN2O2. The highest BCUT2D eigenvalue weighted by molar-refractivity contribution is 9.10. The van der Waals surface area contributed by atoms with E-state index >= 15 is 0 Å². The van der Waals surface area contributed by atoms with Crippen LogP contribution >= 0.6 is 15.9 Å². The van der Waals surface area contributed by atoms with Crippen LogP contribution in [0.5, 0.6) is 0 Å². The Morgan fingerprint density at radius 1 is 1.73 bits per heavy atom. The summed E-state index contributed by atoms with van der Waals surface area (Å²) in [6, 6.07) is 1.52. The van der Waals surface area contributed by atoms with Crippen LogP contribution in [0.4, 0.5) is 5.69 Å². The molecule has 1 heterocycles. The van der Waals surface area contributed by atoms with Crippen molar-refractivity contribution in [2.24, 2.45) is 0 Å². The first-order chi connectivity index (χ1) is 5.13. The van der Waals surface area contributed by atoms with E-state index in [1.807, 2.05) is 0 Å². The van der Waals surface area contributed by atoms with E-state index in [0.29, 0.717) is 10.2 Å². The third kappa shape index (κ3) is 1.48. The maximum absolute atomic E-state index is 10.4. The van der Waals surface area contributed by atoms with E-state index in [1.165, 1.54) is 12.3 Å². The SMILES string of the molecule is Nc1ccnc(C(=O)O)c1Br. The number of nitrogen functional groups attached to an aromatic ring is 1. The van der Waals surface area contributed by atoms with Crippen molar-refractivity contribution in [2.75, 3.05) is 5.73 Å². The number of carboxylic acid groups (broad SMARTS) is 1. The van der Waals surface area contributed by atoms with E-state index in [2.05, 4.69) is 20.9 Å². The average Bonchev–Trinajstić information content (AvgIpc) is 1.94. The summed E-state index contributed by atoms with van der Waals surface area (Å²) in [5.41, 5.74) is 5.72. The monoisotopic (exact) mass is 216 g/mol. The predicted molar refractivity (Wildman–Crippen MR) is 43.3 cm³/mol. The number of nitrogens with two attached hydrogens (primary N) is 1. The topological polar surface area (TPSA) is 76.2 Å². The van der Waals surface area contributed by atoms with Gasteiger partial charge in [-0.2, -0.15) is 0 Å². The van der Waals surface area contributed by atoms with Crippen LogP contribution in [-0.2, 0) is 0 Å². The van der Waals surface area contributed by atoms with Crippen molar-refractivity contribution in [2.45, 2.75) is 0 Å². The van der Waals surface area contributed by atoms with Crippen molar-refractivity contribution in [1.29, 1.82) is 0 Å². The second-order valence-corrected chi connectivity index (χ2v) is 2.66. The predicted octanol–water partition coefficient (Wildman–Crippen LogP) is 1.12. The van der Waals surface area contributed by atoms with Crippen molar-refractivity contribution >= 4 is 27.6 Å². The molecule has 0 fully saturated rings. The number of pyridine rings is 1. The third-order valence-electron chi connectivity index (χ3n) is 1.12. The Hall–Kier alpha value is -1.10. The molecule has 11 heavy (non-hydrogen) atoms. The maximum Gasteiger partial charge on any atom is 0.355 e. The summed E-state index contributed by atoms with van der Waals surface area (Å²) in [5, 5.41) is 8.54. The summed E-state index contributed by atoms with van der Waals surface area (Å²) in [7, 11) is 0. The second-order valence-electron chi connectivity index (χ2n) is 1.87. The molecule has 0 amide bonds. The lowest BCUT2D eigenvalue weighted by Gasteiger charge is -1.99. The van der Waals surface area contributed by atoms with Gasteiger partial charge >= 0.3 is 5.97 Å². The molecule has 0 atom stereocenters. The smallest absolute Gasteiger partial charge is 0.355 e. The number of carbonyl (C=O) groups is 1. The maximum atomic E-state index is 10.4. The molecule has 0 unspecified atom stereocenters. The lowest BCUT2D eigenvalue weighted by Crippen LogP contribution is -2.03. The van der Waals surface area contributed by atoms with Crippen LogP contribution in [0.15, 0.2) is 16.7 Å². The van der Waals surface area contributed by atoms with Gasteiger partial charge in [-0.05, 0) is 22.0 Å². The van der Waals surface area contributed by atoms with Crippen LogP contribution in [0.1, 0.15) is 10.5 Å². The van der Waals surface area contributed by atoms with Gasteiger partial charge in [-0.3, -0.25) is 0 Å². The molecule has 0 aliphatic rings. The zero-order valence-corrected chi connectivity index (χ0v) is 7.00. The Labute approximate surface area is 71.2 Å². The first-order valence-corrected chi connectivity index (χ1v) is 3.55. The van der Waals surface area contributed by atoms with Crippen molar-refractivity contribution in [3.05, 3.63) is 22.4 Å². The molecular weight excluding hydrogens is 212 g/mol. The standard InChI is InChI=1S/C6H5BrN2O2/c7-4-3(8)1-2-9-5(4)6(10)11/h1-2H,(H2,8,9)(H,10,11). The van der Waals surface area contributed by atoms with E-state index in [9.17, 15) is 4.79 Å². The van der Waals surface area contributed by atoms with Gasteiger partial charge in [0.05, 0.1) is 4.47 Å². The molecule has 0 aromatic carbocycles. The molecule has 0 aliphatic heterocycles. The number of anilines is 1. The molecule has 4 nitrogen and oxygen atoms in total. The fraction of sp³-hybridized carbons (Fsp3) is 0. The minimum atomic E-state index is -1.09. The first-order valence-electron chi connectivity index (χ1n) is 2.76. The van der Waals surface area contributed by atoms with Crippen LogP contribution in [-0.4, -0.2) is 16.1 Å². The number of aromatic carboxylic acids is 1. The van der Waals surface area contributed by atoms with Crippen LogP contribution < -0.4 is 5.73 Å². The fourth-order valence-electron chi connectivity index (χ4n) is 0.608. The molecule has 0 spiro atoms. The summed E-state index contributed by atoms with van der Waals surface area (Å²) >= 11 is 3.01. The van der Waals surface area contributed by atoms with Crippen LogP contribution in [0, 0.1) is 0 Å². The van der Waals surface area contributed by atoms with Gasteiger partial charge < -0.3 is 10.8 Å².